The van der Waals surface area contributed by atoms with Gasteiger partial charge in [0.1, 0.15) is 11.4 Å². The van der Waals surface area contributed by atoms with Crippen molar-refractivity contribution in [1.82, 2.24) is 19.4 Å². The zero-order valence-electron chi connectivity index (χ0n) is 14.7. The van der Waals surface area contributed by atoms with Crippen LogP contribution < -0.4 is 10.1 Å². The van der Waals surface area contributed by atoms with Crippen molar-refractivity contribution >= 4 is 17.5 Å². The van der Waals surface area contributed by atoms with Crippen LogP contribution in [0.3, 0.4) is 0 Å². The number of anilines is 1. The molecule has 0 aliphatic carbocycles. The summed E-state index contributed by atoms with van der Waals surface area (Å²) in [5.41, 5.74) is 3.24. The Balaban J connectivity index is 1.52. The summed E-state index contributed by atoms with van der Waals surface area (Å²) in [5, 5.41) is 2.67. The maximum atomic E-state index is 12.1. The van der Waals surface area contributed by atoms with Gasteiger partial charge >= 0.3 is 0 Å². The average Bonchev–Trinajstić information content (AvgIpc) is 3.03. The molecule has 0 bridgehead atoms. The van der Waals surface area contributed by atoms with Gasteiger partial charge in [-0.1, -0.05) is 24.3 Å². The number of nitrogens with one attached hydrogen (secondary N) is 1. The fraction of sp³-hybridized carbons (Fsp3) is 0.100. The van der Waals surface area contributed by atoms with E-state index in [-0.39, 0.29) is 18.5 Å². The molecule has 4 aromatic rings. The molecule has 0 radical (unpaired) electrons. The van der Waals surface area contributed by atoms with Gasteiger partial charge in [0, 0.05) is 12.4 Å². The van der Waals surface area contributed by atoms with Crippen LogP contribution in [0.1, 0.15) is 5.69 Å². The number of benzene rings is 1. The number of para-hydroxylation sites is 1. The number of pyridine rings is 1. The van der Waals surface area contributed by atoms with Crippen LogP contribution in [-0.2, 0) is 4.79 Å². The van der Waals surface area contributed by atoms with E-state index in [1.807, 2.05) is 53.9 Å². The van der Waals surface area contributed by atoms with E-state index in [1.54, 1.807) is 24.4 Å². The molecule has 1 aromatic carbocycles. The number of fused-ring (bicyclic) bond motifs is 1. The molecule has 0 saturated heterocycles. The van der Waals surface area contributed by atoms with E-state index in [0.29, 0.717) is 11.4 Å². The van der Waals surface area contributed by atoms with Gasteiger partial charge in [0.15, 0.2) is 6.61 Å². The van der Waals surface area contributed by atoms with Crippen molar-refractivity contribution in [2.75, 3.05) is 11.9 Å². The van der Waals surface area contributed by atoms with Gasteiger partial charge in [-0.3, -0.25) is 14.5 Å². The Hall–Kier alpha value is -3.74. The number of aromatic nitrogens is 4. The molecule has 7 heteroatoms. The lowest BCUT2D eigenvalue weighted by Crippen LogP contribution is -2.21. The lowest BCUT2D eigenvalue weighted by molar-refractivity contribution is -0.118. The number of nitrogens with zero attached hydrogens (tertiary/aromatic N) is 4. The Morgan fingerprint density at radius 1 is 1.07 bits per heavy atom. The van der Waals surface area contributed by atoms with Crippen molar-refractivity contribution in [3.63, 3.8) is 0 Å². The maximum absolute atomic E-state index is 12.1. The number of amides is 1. The lowest BCUT2D eigenvalue weighted by Gasteiger charge is -2.08. The minimum absolute atomic E-state index is 0.119. The number of carbonyl (C=O) groups is 1. The zero-order valence-corrected chi connectivity index (χ0v) is 14.7. The van der Waals surface area contributed by atoms with Crippen LogP contribution in [0.2, 0.25) is 0 Å². The van der Waals surface area contributed by atoms with Gasteiger partial charge < -0.3 is 4.74 Å². The fourth-order valence-corrected chi connectivity index (χ4v) is 2.80. The minimum Gasteiger partial charge on any atom is -0.484 e. The van der Waals surface area contributed by atoms with Crippen molar-refractivity contribution in [3.8, 4) is 17.1 Å². The van der Waals surface area contributed by atoms with Gasteiger partial charge in [-0.25, -0.2) is 15.0 Å². The predicted molar refractivity (Wildman–Crippen MR) is 102 cm³/mol. The third kappa shape index (κ3) is 3.62. The molecule has 0 saturated carbocycles. The highest BCUT2D eigenvalue weighted by atomic mass is 16.5. The van der Waals surface area contributed by atoms with Crippen LogP contribution in [0, 0.1) is 6.92 Å². The number of rotatable bonds is 5. The number of imidazole rings is 1. The second-order valence-corrected chi connectivity index (χ2v) is 5.89. The molecule has 134 valence electrons. The van der Waals surface area contributed by atoms with Crippen molar-refractivity contribution in [2.24, 2.45) is 0 Å². The molecular formula is C20H17N5O2. The molecule has 0 aliphatic heterocycles. The summed E-state index contributed by atoms with van der Waals surface area (Å²) in [6.07, 6.45) is 3.54. The van der Waals surface area contributed by atoms with Crippen LogP contribution in [-0.4, -0.2) is 31.9 Å². The van der Waals surface area contributed by atoms with Gasteiger partial charge in [-0.05, 0) is 37.3 Å². The van der Waals surface area contributed by atoms with Crippen molar-refractivity contribution in [3.05, 3.63) is 72.7 Å². The van der Waals surface area contributed by atoms with Crippen molar-refractivity contribution < 1.29 is 9.53 Å². The minimum atomic E-state index is -0.328. The van der Waals surface area contributed by atoms with Gasteiger partial charge in [-0.2, -0.15) is 0 Å². The molecule has 7 nitrogen and oxygen atoms in total. The SMILES string of the molecule is Cc1nc2ccccn2c1-c1ccnc(NC(=O)COc2ccccc2)n1. The van der Waals surface area contributed by atoms with Gasteiger partial charge in [-0.15, -0.1) is 0 Å². The molecule has 3 aromatic heterocycles. The van der Waals surface area contributed by atoms with Crippen molar-refractivity contribution in [2.45, 2.75) is 6.92 Å². The van der Waals surface area contributed by atoms with Crippen LogP contribution >= 0.6 is 0 Å². The highest BCUT2D eigenvalue weighted by Gasteiger charge is 2.13. The first kappa shape index (κ1) is 16.7. The highest BCUT2D eigenvalue weighted by Crippen LogP contribution is 2.23. The predicted octanol–water partition coefficient (Wildman–Crippen LogP) is 3.12. The number of hydrogen-bond acceptors (Lipinski definition) is 5. The van der Waals surface area contributed by atoms with Crippen LogP contribution in [0.25, 0.3) is 17.0 Å². The first-order valence-corrected chi connectivity index (χ1v) is 8.45. The standard InChI is InChI=1S/C20H17N5O2/c1-14-19(25-12-6-5-9-17(25)22-14)16-10-11-21-20(23-16)24-18(26)13-27-15-7-3-2-4-8-15/h2-12H,13H2,1H3,(H,21,23,24,26). The van der Waals surface area contributed by atoms with E-state index in [9.17, 15) is 4.79 Å². The fourth-order valence-electron chi connectivity index (χ4n) is 2.80. The molecule has 0 unspecified atom stereocenters. The topological polar surface area (TPSA) is 81.4 Å². The largest absolute Gasteiger partial charge is 0.484 e. The molecule has 0 spiro atoms. The smallest absolute Gasteiger partial charge is 0.264 e. The number of aryl methyl sites for hydroxylation is 1. The van der Waals surface area contributed by atoms with E-state index in [1.165, 1.54) is 0 Å². The number of ether oxygens (including phenoxy) is 1. The summed E-state index contributed by atoms with van der Waals surface area (Å²) in [4.78, 5) is 25.3. The molecule has 4 rings (SSSR count). The second-order valence-electron chi connectivity index (χ2n) is 5.89. The Bertz CT molecular complexity index is 1090. The summed E-state index contributed by atoms with van der Waals surface area (Å²) >= 11 is 0. The Labute approximate surface area is 155 Å². The molecule has 27 heavy (non-hydrogen) atoms. The van der Waals surface area contributed by atoms with Gasteiger partial charge in [0.2, 0.25) is 5.95 Å². The quantitative estimate of drug-likeness (QED) is 0.592. The van der Waals surface area contributed by atoms with Gasteiger partial charge in [0.25, 0.3) is 5.91 Å². The van der Waals surface area contributed by atoms with Crippen LogP contribution in [0.4, 0.5) is 5.95 Å². The summed E-state index contributed by atoms with van der Waals surface area (Å²) in [5.74, 6) is 0.522. The molecule has 0 fully saturated rings. The average molecular weight is 359 g/mol. The van der Waals surface area contributed by atoms with Crippen LogP contribution in [0.5, 0.6) is 5.75 Å². The van der Waals surface area contributed by atoms with Crippen LogP contribution in [0.15, 0.2) is 67.0 Å². The summed E-state index contributed by atoms with van der Waals surface area (Å²) in [7, 11) is 0. The maximum Gasteiger partial charge on any atom is 0.264 e. The van der Waals surface area contributed by atoms with Gasteiger partial charge in [0.05, 0.1) is 17.1 Å². The monoisotopic (exact) mass is 359 g/mol. The Morgan fingerprint density at radius 3 is 2.74 bits per heavy atom. The van der Waals surface area contributed by atoms with E-state index < -0.39 is 0 Å². The molecular weight excluding hydrogens is 342 g/mol. The molecule has 3 heterocycles. The third-order valence-corrected chi connectivity index (χ3v) is 3.97. The van der Waals surface area contributed by atoms with Crippen molar-refractivity contribution in [1.29, 1.82) is 0 Å². The zero-order chi connectivity index (χ0) is 18.6. The lowest BCUT2D eigenvalue weighted by atomic mass is 10.2. The van der Waals surface area contributed by atoms with E-state index in [4.69, 9.17) is 4.74 Å². The molecule has 0 aliphatic rings. The molecule has 0 atom stereocenters. The highest BCUT2D eigenvalue weighted by molar-refractivity contribution is 5.90. The van der Waals surface area contributed by atoms with E-state index >= 15 is 0 Å². The summed E-state index contributed by atoms with van der Waals surface area (Å²) < 4.78 is 7.40. The second kappa shape index (κ2) is 7.25. The Kier molecular flexibility index (Phi) is 4.49. The van der Waals surface area contributed by atoms with E-state index in [0.717, 1.165) is 17.0 Å². The molecule has 1 N–H and O–H groups in total. The molecule has 1 amide bonds. The first-order chi connectivity index (χ1) is 13.2. The number of hydrogen-bond donors (Lipinski definition) is 1. The summed E-state index contributed by atoms with van der Waals surface area (Å²) in [6, 6.07) is 16.7. The first-order valence-electron chi connectivity index (χ1n) is 8.45. The Morgan fingerprint density at radius 2 is 1.89 bits per heavy atom. The normalized spacial score (nSPS) is 10.7. The third-order valence-electron chi connectivity index (χ3n) is 3.97. The van der Waals surface area contributed by atoms with E-state index in [2.05, 4.69) is 20.3 Å². The number of carbonyl (C=O) groups excluding carboxylic acids is 1. The summed E-state index contributed by atoms with van der Waals surface area (Å²) in [6.45, 7) is 1.81.